The zero-order valence-corrected chi connectivity index (χ0v) is 24.6. The summed E-state index contributed by atoms with van der Waals surface area (Å²) in [5.41, 5.74) is 4.29. The van der Waals surface area contributed by atoms with E-state index >= 15 is 0 Å². The molecule has 0 aliphatic heterocycles. The van der Waals surface area contributed by atoms with Gasteiger partial charge in [0.1, 0.15) is 5.25 Å². The minimum atomic E-state index is -0.529. The number of rotatable bonds is 9. The fourth-order valence-electron chi connectivity index (χ4n) is 4.59. The summed E-state index contributed by atoms with van der Waals surface area (Å²) in [4.78, 5) is 31.8. The summed E-state index contributed by atoms with van der Waals surface area (Å²) in [7, 11) is 0. The molecule has 210 valence electrons. The number of nitrogens with zero attached hydrogens (tertiary/aromatic N) is 1. The fourth-order valence-corrected chi connectivity index (χ4v) is 6.39. The van der Waals surface area contributed by atoms with Crippen molar-refractivity contribution in [2.75, 3.05) is 10.6 Å². The molecule has 0 aliphatic rings. The van der Waals surface area contributed by atoms with E-state index < -0.39 is 5.25 Å². The van der Waals surface area contributed by atoms with Gasteiger partial charge >= 0.3 is 0 Å². The molecule has 1 aromatic heterocycles. The molecule has 7 heteroatoms. The number of aromatic nitrogens is 1. The molecule has 1 heterocycles. The summed E-state index contributed by atoms with van der Waals surface area (Å²) in [5.74, 6) is -0.398. The molecule has 1 atom stereocenters. The average molecular weight is 598 g/mol. The number of carbonyl (C=O) groups excluding carboxylic acids is 2. The Bertz CT molecular complexity index is 1900. The van der Waals surface area contributed by atoms with Crippen LogP contribution in [-0.2, 0) is 9.59 Å². The topological polar surface area (TPSA) is 71.1 Å². The normalized spacial score (nSPS) is 11.8. The van der Waals surface area contributed by atoms with Crippen LogP contribution in [0.15, 0.2) is 144 Å². The molecule has 6 rings (SSSR count). The molecular formula is C36H27N3O2S2. The van der Waals surface area contributed by atoms with Crippen LogP contribution in [-0.4, -0.2) is 16.8 Å². The summed E-state index contributed by atoms with van der Waals surface area (Å²) in [6.07, 6.45) is 3.28. The lowest BCUT2D eigenvalue weighted by molar-refractivity contribution is -0.116. The number of thiazole rings is 1. The van der Waals surface area contributed by atoms with Crippen molar-refractivity contribution in [1.29, 1.82) is 0 Å². The lowest BCUT2D eigenvalue weighted by Crippen LogP contribution is -2.19. The maximum Gasteiger partial charge on any atom is 0.248 e. The minimum Gasteiger partial charge on any atom is -0.322 e. The van der Waals surface area contributed by atoms with Gasteiger partial charge in [0.25, 0.3) is 0 Å². The molecule has 5 aromatic carbocycles. The predicted octanol–water partition coefficient (Wildman–Crippen LogP) is 9.09. The number of amides is 2. The number of benzene rings is 5. The second-order valence-electron chi connectivity index (χ2n) is 9.76. The number of hydrogen-bond acceptors (Lipinski definition) is 5. The third-order valence-corrected chi connectivity index (χ3v) is 8.71. The van der Waals surface area contributed by atoms with E-state index in [-0.39, 0.29) is 11.8 Å². The summed E-state index contributed by atoms with van der Waals surface area (Å²) in [5, 5.41) is 10.2. The zero-order chi connectivity index (χ0) is 29.4. The number of anilines is 2. The lowest BCUT2D eigenvalue weighted by Gasteiger charge is -2.17. The smallest absolute Gasteiger partial charge is 0.248 e. The van der Waals surface area contributed by atoms with Crippen molar-refractivity contribution < 1.29 is 9.59 Å². The van der Waals surface area contributed by atoms with Crippen molar-refractivity contribution >= 4 is 62.6 Å². The van der Waals surface area contributed by atoms with Crippen LogP contribution in [0.2, 0.25) is 0 Å². The lowest BCUT2D eigenvalue weighted by atomic mass is 10.1. The molecule has 2 amide bonds. The van der Waals surface area contributed by atoms with Crippen LogP contribution in [0, 0.1) is 0 Å². The van der Waals surface area contributed by atoms with E-state index in [1.54, 1.807) is 6.08 Å². The van der Waals surface area contributed by atoms with Crippen molar-refractivity contribution in [3.05, 3.63) is 150 Å². The van der Waals surface area contributed by atoms with Crippen LogP contribution in [0.3, 0.4) is 0 Å². The summed E-state index contributed by atoms with van der Waals surface area (Å²) < 4.78 is 0. The molecule has 43 heavy (non-hydrogen) atoms. The van der Waals surface area contributed by atoms with Crippen molar-refractivity contribution in [3.8, 4) is 11.3 Å². The molecule has 0 spiro atoms. The molecule has 5 nitrogen and oxygen atoms in total. The second kappa shape index (κ2) is 13.3. The summed E-state index contributed by atoms with van der Waals surface area (Å²) in [6, 6.07) is 41.3. The Hall–Kier alpha value is -4.98. The SMILES string of the molecule is O=C(/C=C/c1ccccc1)Nc1cccc(SC(C(=O)Nc2nc(-c3ccc4ccccc4c3)cs2)c2ccccc2)c1. The van der Waals surface area contributed by atoms with Gasteiger partial charge in [-0.25, -0.2) is 4.98 Å². The van der Waals surface area contributed by atoms with Crippen LogP contribution < -0.4 is 10.6 Å². The van der Waals surface area contributed by atoms with E-state index in [0.717, 1.165) is 32.7 Å². The van der Waals surface area contributed by atoms with Crippen LogP contribution in [0.5, 0.6) is 0 Å². The molecule has 6 aromatic rings. The van der Waals surface area contributed by atoms with Gasteiger partial charge in [0.15, 0.2) is 5.13 Å². The van der Waals surface area contributed by atoms with Gasteiger partial charge in [-0.3, -0.25) is 9.59 Å². The molecule has 0 bridgehead atoms. The van der Waals surface area contributed by atoms with Crippen LogP contribution >= 0.6 is 23.1 Å². The van der Waals surface area contributed by atoms with Gasteiger partial charge in [-0.2, -0.15) is 0 Å². The van der Waals surface area contributed by atoms with Crippen LogP contribution in [0.4, 0.5) is 10.8 Å². The van der Waals surface area contributed by atoms with Crippen molar-refractivity contribution in [3.63, 3.8) is 0 Å². The second-order valence-corrected chi connectivity index (χ2v) is 11.8. The van der Waals surface area contributed by atoms with Gasteiger partial charge in [-0.15, -0.1) is 23.1 Å². The first-order valence-corrected chi connectivity index (χ1v) is 15.5. The first-order chi connectivity index (χ1) is 21.1. The highest BCUT2D eigenvalue weighted by Gasteiger charge is 2.23. The number of thioether (sulfide) groups is 1. The number of hydrogen-bond donors (Lipinski definition) is 2. The predicted molar refractivity (Wildman–Crippen MR) is 179 cm³/mol. The highest BCUT2D eigenvalue weighted by Crippen LogP contribution is 2.38. The van der Waals surface area contributed by atoms with E-state index in [1.165, 1.54) is 34.6 Å². The summed E-state index contributed by atoms with van der Waals surface area (Å²) >= 11 is 2.82. The molecule has 1 unspecified atom stereocenters. The van der Waals surface area contributed by atoms with E-state index in [4.69, 9.17) is 4.98 Å². The molecule has 0 radical (unpaired) electrons. The fraction of sp³-hybridized carbons (Fsp3) is 0.0278. The molecule has 2 N–H and O–H groups in total. The van der Waals surface area contributed by atoms with Gasteiger partial charge in [0.05, 0.1) is 5.69 Å². The Balaban J connectivity index is 1.17. The Morgan fingerprint density at radius 3 is 2.30 bits per heavy atom. The first-order valence-electron chi connectivity index (χ1n) is 13.7. The van der Waals surface area contributed by atoms with Crippen LogP contribution in [0.1, 0.15) is 16.4 Å². The van der Waals surface area contributed by atoms with Gasteiger partial charge in [0, 0.05) is 27.6 Å². The highest BCUT2D eigenvalue weighted by molar-refractivity contribution is 8.00. The third-order valence-electron chi connectivity index (χ3n) is 6.70. The van der Waals surface area contributed by atoms with Gasteiger partial charge in [-0.1, -0.05) is 103 Å². The van der Waals surface area contributed by atoms with Gasteiger partial charge < -0.3 is 10.6 Å². The first kappa shape index (κ1) is 28.2. The Morgan fingerprint density at radius 1 is 0.744 bits per heavy atom. The molecule has 0 fully saturated rings. The maximum atomic E-state index is 13.7. The maximum absolute atomic E-state index is 13.7. The standard InChI is InChI=1S/C36H27N3O2S2/c40-33(21-18-25-10-3-1-4-11-25)37-30-16-9-17-31(23-30)43-34(27-13-5-2-6-14-27)35(41)39-36-38-32(24-42-36)29-20-19-26-12-7-8-15-28(26)22-29/h1-24,34H,(H,37,40)(H,38,39,41)/b21-18+. The monoisotopic (exact) mass is 597 g/mol. The Morgan fingerprint density at radius 2 is 1.49 bits per heavy atom. The largest absolute Gasteiger partial charge is 0.322 e. The van der Waals surface area contributed by atoms with Crippen molar-refractivity contribution in [2.45, 2.75) is 10.1 Å². The number of fused-ring (bicyclic) bond motifs is 1. The van der Waals surface area contributed by atoms with Crippen molar-refractivity contribution in [2.24, 2.45) is 0 Å². The molecule has 0 saturated carbocycles. The Kier molecular flexibility index (Phi) is 8.73. The van der Waals surface area contributed by atoms with Gasteiger partial charge in [-0.05, 0) is 52.2 Å². The average Bonchev–Trinajstić information content (AvgIpc) is 3.52. The Labute approximate surface area is 258 Å². The van der Waals surface area contributed by atoms with E-state index in [1.807, 2.05) is 102 Å². The van der Waals surface area contributed by atoms with E-state index in [9.17, 15) is 9.59 Å². The van der Waals surface area contributed by atoms with Crippen LogP contribution in [0.25, 0.3) is 28.1 Å². The minimum absolute atomic E-state index is 0.171. The molecule has 0 saturated heterocycles. The molecule has 0 aliphatic carbocycles. The highest BCUT2D eigenvalue weighted by atomic mass is 32.2. The van der Waals surface area contributed by atoms with E-state index in [0.29, 0.717) is 10.8 Å². The summed E-state index contributed by atoms with van der Waals surface area (Å²) in [6.45, 7) is 0. The zero-order valence-electron chi connectivity index (χ0n) is 23.0. The number of carbonyl (C=O) groups is 2. The molecular weight excluding hydrogens is 571 g/mol. The van der Waals surface area contributed by atoms with Crippen molar-refractivity contribution in [1.82, 2.24) is 4.98 Å². The third kappa shape index (κ3) is 7.27. The van der Waals surface area contributed by atoms with Gasteiger partial charge in [0.2, 0.25) is 11.8 Å². The van der Waals surface area contributed by atoms with E-state index in [2.05, 4.69) is 41.0 Å². The quantitative estimate of drug-likeness (QED) is 0.129. The number of nitrogens with one attached hydrogen (secondary N) is 2.